The van der Waals surface area contributed by atoms with Crippen LogP contribution in [-0.4, -0.2) is 18.6 Å². The maximum absolute atomic E-state index is 12.3. The second-order valence-corrected chi connectivity index (χ2v) is 6.08. The standard InChI is InChI=1S/C18H27NO2/c1-3-17(21-16-11-9-14(2)10-12-16)18(20)19-13-15-7-5-4-6-8-15/h9-12,15,17H,3-8,13H2,1-2H3,(H,19,20)/t17-/m0/s1. The third-order valence-electron chi connectivity index (χ3n) is 4.25. The zero-order chi connectivity index (χ0) is 15.1. The molecule has 1 aliphatic carbocycles. The van der Waals surface area contributed by atoms with Crippen LogP contribution in [-0.2, 0) is 4.79 Å². The molecule has 0 saturated heterocycles. The molecule has 1 aromatic carbocycles. The number of nitrogens with one attached hydrogen (secondary N) is 1. The van der Waals surface area contributed by atoms with Gasteiger partial charge in [-0.3, -0.25) is 4.79 Å². The molecule has 0 aliphatic heterocycles. The lowest BCUT2D eigenvalue weighted by atomic mass is 9.89. The average Bonchev–Trinajstić information content (AvgIpc) is 2.53. The van der Waals surface area contributed by atoms with Gasteiger partial charge in [-0.05, 0) is 44.2 Å². The SMILES string of the molecule is CC[C@H](Oc1ccc(C)cc1)C(=O)NCC1CCCCC1. The van der Waals surface area contributed by atoms with Crippen LogP contribution in [0.2, 0.25) is 0 Å². The number of carbonyl (C=O) groups is 1. The molecule has 0 radical (unpaired) electrons. The van der Waals surface area contributed by atoms with Gasteiger partial charge in [0.25, 0.3) is 5.91 Å². The maximum atomic E-state index is 12.3. The Kier molecular flexibility index (Phi) is 6.09. The van der Waals surface area contributed by atoms with Gasteiger partial charge < -0.3 is 10.1 Å². The first-order valence-corrected chi connectivity index (χ1v) is 8.20. The van der Waals surface area contributed by atoms with Crippen molar-refractivity contribution >= 4 is 5.91 Å². The minimum absolute atomic E-state index is 0.0173. The van der Waals surface area contributed by atoms with Crippen LogP contribution in [0.5, 0.6) is 5.75 Å². The highest BCUT2D eigenvalue weighted by Gasteiger charge is 2.20. The summed E-state index contributed by atoms with van der Waals surface area (Å²) in [5.74, 6) is 1.43. The lowest BCUT2D eigenvalue weighted by molar-refractivity contribution is -0.128. The van der Waals surface area contributed by atoms with Gasteiger partial charge in [0, 0.05) is 6.54 Å². The molecule has 1 N–H and O–H groups in total. The van der Waals surface area contributed by atoms with Crippen molar-refractivity contribution in [1.82, 2.24) is 5.32 Å². The summed E-state index contributed by atoms with van der Waals surface area (Å²) in [6, 6.07) is 7.85. The van der Waals surface area contributed by atoms with Gasteiger partial charge in [0.05, 0.1) is 0 Å². The minimum Gasteiger partial charge on any atom is -0.481 e. The van der Waals surface area contributed by atoms with Gasteiger partial charge in [0.1, 0.15) is 5.75 Å². The van der Waals surface area contributed by atoms with Crippen molar-refractivity contribution in [2.45, 2.75) is 58.5 Å². The third-order valence-corrected chi connectivity index (χ3v) is 4.25. The Bertz CT molecular complexity index is 435. The molecule has 116 valence electrons. The first kappa shape index (κ1) is 15.9. The Hall–Kier alpha value is -1.51. The van der Waals surface area contributed by atoms with Crippen molar-refractivity contribution in [2.75, 3.05) is 6.54 Å². The van der Waals surface area contributed by atoms with Crippen LogP contribution in [0.1, 0.15) is 51.0 Å². The number of ether oxygens (including phenoxy) is 1. The second kappa shape index (κ2) is 8.06. The van der Waals surface area contributed by atoms with E-state index in [2.05, 4.69) is 5.32 Å². The van der Waals surface area contributed by atoms with Crippen molar-refractivity contribution in [3.63, 3.8) is 0 Å². The monoisotopic (exact) mass is 289 g/mol. The topological polar surface area (TPSA) is 38.3 Å². The van der Waals surface area contributed by atoms with Crippen molar-refractivity contribution in [1.29, 1.82) is 0 Å². The summed E-state index contributed by atoms with van der Waals surface area (Å²) in [4.78, 5) is 12.3. The lowest BCUT2D eigenvalue weighted by Gasteiger charge is -2.23. The van der Waals surface area contributed by atoms with Gasteiger partial charge in [-0.2, -0.15) is 0 Å². The summed E-state index contributed by atoms with van der Waals surface area (Å²) in [6.45, 7) is 4.82. The molecular weight excluding hydrogens is 262 g/mol. The number of hydrogen-bond donors (Lipinski definition) is 1. The van der Waals surface area contributed by atoms with E-state index in [9.17, 15) is 4.79 Å². The van der Waals surface area contributed by atoms with Crippen molar-refractivity contribution in [3.8, 4) is 5.75 Å². The summed E-state index contributed by atoms with van der Waals surface area (Å²) in [6.07, 6.45) is 6.74. The number of benzene rings is 1. The molecule has 1 fully saturated rings. The largest absolute Gasteiger partial charge is 0.481 e. The summed E-state index contributed by atoms with van der Waals surface area (Å²) >= 11 is 0. The van der Waals surface area contributed by atoms with E-state index in [-0.39, 0.29) is 5.91 Å². The van der Waals surface area contributed by atoms with Gasteiger partial charge in [-0.25, -0.2) is 0 Å². The molecule has 0 spiro atoms. The molecule has 0 heterocycles. The van der Waals surface area contributed by atoms with E-state index >= 15 is 0 Å². The fourth-order valence-electron chi connectivity index (χ4n) is 2.85. The first-order valence-electron chi connectivity index (χ1n) is 8.20. The van der Waals surface area contributed by atoms with Gasteiger partial charge in [-0.1, -0.05) is 43.9 Å². The first-order chi connectivity index (χ1) is 10.2. The fraction of sp³-hybridized carbons (Fsp3) is 0.611. The van der Waals surface area contributed by atoms with Crippen LogP contribution in [0.4, 0.5) is 0 Å². The third kappa shape index (κ3) is 5.07. The normalized spacial score (nSPS) is 17.2. The molecular formula is C18H27NO2. The Balaban J connectivity index is 1.81. The molecule has 2 rings (SSSR count). The van der Waals surface area contributed by atoms with E-state index < -0.39 is 6.10 Å². The maximum Gasteiger partial charge on any atom is 0.261 e. The molecule has 3 heteroatoms. The quantitative estimate of drug-likeness (QED) is 0.864. The molecule has 3 nitrogen and oxygen atoms in total. The Morgan fingerprint density at radius 1 is 1.24 bits per heavy atom. The molecule has 1 atom stereocenters. The zero-order valence-corrected chi connectivity index (χ0v) is 13.2. The highest BCUT2D eigenvalue weighted by atomic mass is 16.5. The molecule has 0 bridgehead atoms. The molecule has 1 aromatic rings. The van der Waals surface area contributed by atoms with E-state index in [1.54, 1.807) is 0 Å². The van der Waals surface area contributed by atoms with Crippen molar-refractivity contribution < 1.29 is 9.53 Å². The second-order valence-electron chi connectivity index (χ2n) is 6.08. The summed E-state index contributed by atoms with van der Waals surface area (Å²) < 4.78 is 5.81. The minimum atomic E-state index is -0.392. The summed E-state index contributed by atoms with van der Waals surface area (Å²) in [5.41, 5.74) is 1.19. The van der Waals surface area contributed by atoms with Gasteiger partial charge in [0.2, 0.25) is 0 Å². The number of aryl methyl sites for hydroxylation is 1. The van der Waals surface area contributed by atoms with E-state index in [1.165, 1.54) is 37.7 Å². The van der Waals surface area contributed by atoms with Crippen molar-refractivity contribution in [3.05, 3.63) is 29.8 Å². The predicted octanol–water partition coefficient (Wildman–Crippen LogP) is 3.85. The molecule has 1 saturated carbocycles. The van der Waals surface area contributed by atoms with Crippen LogP contribution in [0.15, 0.2) is 24.3 Å². The van der Waals surface area contributed by atoms with Crippen LogP contribution >= 0.6 is 0 Å². The number of rotatable bonds is 6. The van der Waals surface area contributed by atoms with Crippen LogP contribution in [0.3, 0.4) is 0 Å². The fourth-order valence-corrected chi connectivity index (χ4v) is 2.85. The smallest absolute Gasteiger partial charge is 0.261 e. The zero-order valence-electron chi connectivity index (χ0n) is 13.2. The van der Waals surface area contributed by atoms with Gasteiger partial charge >= 0.3 is 0 Å². The van der Waals surface area contributed by atoms with Gasteiger partial charge in [-0.15, -0.1) is 0 Å². The Morgan fingerprint density at radius 3 is 2.52 bits per heavy atom. The van der Waals surface area contributed by atoms with Crippen LogP contribution in [0, 0.1) is 12.8 Å². The number of carbonyl (C=O) groups excluding carboxylic acids is 1. The molecule has 1 aliphatic rings. The highest BCUT2D eigenvalue weighted by Crippen LogP contribution is 2.23. The molecule has 21 heavy (non-hydrogen) atoms. The Morgan fingerprint density at radius 2 is 1.90 bits per heavy atom. The lowest BCUT2D eigenvalue weighted by Crippen LogP contribution is -2.40. The number of amides is 1. The molecule has 0 unspecified atom stereocenters. The summed E-state index contributed by atoms with van der Waals surface area (Å²) in [5, 5.41) is 3.07. The van der Waals surface area contributed by atoms with E-state index in [4.69, 9.17) is 4.74 Å². The molecule has 0 aromatic heterocycles. The van der Waals surface area contributed by atoms with Crippen LogP contribution < -0.4 is 10.1 Å². The number of hydrogen-bond acceptors (Lipinski definition) is 2. The Labute approximate surface area is 128 Å². The van der Waals surface area contributed by atoms with Crippen LogP contribution in [0.25, 0.3) is 0 Å². The highest BCUT2D eigenvalue weighted by molar-refractivity contribution is 5.81. The predicted molar refractivity (Wildman–Crippen MR) is 85.5 cm³/mol. The van der Waals surface area contributed by atoms with Crippen molar-refractivity contribution in [2.24, 2.45) is 5.92 Å². The van der Waals surface area contributed by atoms with E-state index in [1.807, 2.05) is 38.1 Å². The van der Waals surface area contributed by atoms with E-state index in [0.29, 0.717) is 12.3 Å². The summed E-state index contributed by atoms with van der Waals surface area (Å²) in [7, 11) is 0. The molecule has 1 amide bonds. The average molecular weight is 289 g/mol. The van der Waals surface area contributed by atoms with E-state index in [0.717, 1.165) is 12.3 Å². The van der Waals surface area contributed by atoms with Gasteiger partial charge in [0.15, 0.2) is 6.10 Å².